The van der Waals surface area contributed by atoms with Crippen LogP contribution in [0.4, 0.5) is 5.69 Å². The smallest absolute Gasteiger partial charge is 0.248 e. The second kappa shape index (κ2) is 6.96. The number of amides is 1. The Kier molecular flexibility index (Phi) is 4.57. The van der Waals surface area contributed by atoms with Gasteiger partial charge in [0.2, 0.25) is 5.91 Å². The molecule has 0 aliphatic rings. The Morgan fingerprint density at radius 1 is 1.17 bits per heavy atom. The fraction of sp³-hybridized carbons (Fsp3) is 0.100. The minimum atomic E-state index is -0.199. The third-order valence-corrected chi connectivity index (χ3v) is 3.70. The average molecular weight is 318 g/mol. The van der Waals surface area contributed by atoms with Crippen molar-refractivity contribution in [3.8, 4) is 5.75 Å². The third-order valence-electron chi connectivity index (χ3n) is 3.70. The average Bonchev–Trinajstić information content (AvgIpc) is 2.60. The molecule has 1 aromatic heterocycles. The van der Waals surface area contributed by atoms with Gasteiger partial charge in [0.15, 0.2) is 0 Å². The van der Waals surface area contributed by atoms with Gasteiger partial charge in [-0.15, -0.1) is 0 Å². The summed E-state index contributed by atoms with van der Waals surface area (Å²) in [7, 11) is 1.62. The number of hydrogen-bond donors (Lipinski definition) is 1. The molecule has 1 amide bonds. The molecule has 0 atom stereocenters. The first-order chi connectivity index (χ1) is 11.7. The minimum Gasteiger partial charge on any atom is -0.496 e. The SMILES string of the molecule is COc1ccc(C)cc1/C=C/C(=O)Nc1cccc2ncccc12. The molecule has 24 heavy (non-hydrogen) atoms. The van der Waals surface area contributed by atoms with E-state index in [0.717, 1.165) is 33.5 Å². The summed E-state index contributed by atoms with van der Waals surface area (Å²) in [4.78, 5) is 16.5. The Hall–Kier alpha value is -3.14. The molecule has 3 aromatic rings. The number of anilines is 1. The van der Waals surface area contributed by atoms with Crippen LogP contribution in [0.3, 0.4) is 0 Å². The van der Waals surface area contributed by atoms with Crippen molar-refractivity contribution in [2.45, 2.75) is 6.92 Å². The molecule has 0 fully saturated rings. The Bertz CT molecular complexity index is 911. The number of benzene rings is 2. The number of rotatable bonds is 4. The highest BCUT2D eigenvalue weighted by Crippen LogP contribution is 2.23. The van der Waals surface area contributed by atoms with Gasteiger partial charge in [0.1, 0.15) is 5.75 Å². The summed E-state index contributed by atoms with van der Waals surface area (Å²) in [5.74, 6) is 0.536. The van der Waals surface area contributed by atoms with Crippen molar-refractivity contribution in [3.63, 3.8) is 0 Å². The first-order valence-electron chi connectivity index (χ1n) is 7.65. The molecule has 0 bridgehead atoms. The zero-order valence-electron chi connectivity index (χ0n) is 13.6. The quantitative estimate of drug-likeness (QED) is 0.733. The maximum absolute atomic E-state index is 12.3. The molecule has 4 nitrogen and oxygen atoms in total. The van der Waals surface area contributed by atoms with Crippen LogP contribution in [0.5, 0.6) is 5.75 Å². The lowest BCUT2D eigenvalue weighted by Crippen LogP contribution is -2.08. The predicted octanol–water partition coefficient (Wildman–Crippen LogP) is 4.20. The van der Waals surface area contributed by atoms with Gasteiger partial charge in [-0.2, -0.15) is 0 Å². The first kappa shape index (κ1) is 15.7. The van der Waals surface area contributed by atoms with Crippen LogP contribution in [-0.4, -0.2) is 18.0 Å². The molecular weight excluding hydrogens is 300 g/mol. The fourth-order valence-electron chi connectivity index (χ4n) is 2.54. The number of hydrogen-bond acceptors (Lipinski definition) is 3. The van der Waals surface area contributed by atoms with Crippen LogP contribution in [0.2, 0.25) is 0 Å². The largest absolute Gasteiger partial charge is 0.496 e. The van der Waals surface area contributed by atoms with Crippen molar-refractivity contribution >= 4 is 28.6 Å². The molecule has 3 rings (SSSR count). The molecule has 1 N–H and O–H groups in total. The van der Waals surface area contributed by atoms with E-state index in [9.17, 15) is 4.79 Å². The van der Waals surface area contributed by atoms with E-state index < -0.39 is 0 Å². The summed E-state index contributed by atoms with van der Waals surface area (Å²) in [5, 5.41) is 3.81. The Morgan fingerprint density at radius 3 is 2.88 bits per heavy atom. The number of nitrogens with one attached hydrogen (secondary N) is 1. The lowest BCUT2D eigenvalue weighted by atomic mass is 10.1. The Labute approximate surface area is 140 Å². The highest BCUT2D eigenvalue weighted by molar-refractivity contribution is 6.07. The fourth-order valence-corrected chi connectivity index (χ4v) is 2.54. The van der Waals surface area contributed by atoms with Crippen molar-refractivity contribution < 1.29 is 9.53 Å². The second-order valence-corrected chi connectivity index (χ2v) is 5.44. The summed E-state index contributed by atoms with van der Waals surface area (Å²) in [5.41, 5.74) is 3.56. The molecule has 1 heterocycles. The van der Waals surface area contributed by atoms with E-state index in [0.29, 0.717) is 0 Å². The van der Waals surface area contributed by atoms with E-state index >= 15 is 0 Å². The van der Waals surface area contributed by atoms with Crippen molar-refractivity contribution in [1.29, 1.82) is 0 Å². The van der Waals surface area contributed by atoms with Crippen LogP contribution in [-0.2, 0) is 4.79 Å². The maximum atomic E-state index is 12.3. The predicted molar refractivity (Wildman–Crippen MR) is 97.1 cm³/mol. The van der Waals surface area contributed by atoms with Crippen LogP contribution < -0.4 is 10.1 Å². The number of methoxy groups -OCH3 is 1. The van der Waals surface area contributed by atoms with Crippen molar-refractivity contribution in [1.82, 2.24) is 4.98 Å². The van der Waals surface area contributed by atoms with Gasteiger partial charge in [-0.3, -0.25) is 9.78 Å². The van der Waals surface area contributed by atoms with Crippen LogP contribution >= 0.6 is 0 Å². The number of nitrogens with zero attached hydrogens (tertiary/aromatic N) is 1. The number of fused-ring (bicyclic) bond motifs is 1. The number of aromatic nitrogens is 1. The second-order valence-electron chi connectivity index (χ2n) is 5.44. The van der Waals surface area contributed by atoms with Crippen LogP contribution in [0, 0.1) is 6.92 Å². The molecule has 4 heteroatoms. The van der Waals surface area contributed by atoms with Gasteiger partial charge in [-0.25, -0.2) is 0 Å². The Balaban J connectivity index is 1.82. The van der Waals surface area contributed by atoms with E-state index in [-0.39, 0.29) is 5.91 Å². The normalized spacial score (nSPS) is 10.9. The molecule has 0 unspecified atom stereocenters. The highest BCUT2D eigenvalue weighted by atomic mass is 16.5. The summed E-state index contributed by atoms with van der Waals surface area (Å²) in [6.07, 6.45) is 4.99. The zero-order chi connectivity index (χ0) is 16.9. The summed E-state index contributed by atoms with van der Waals surface area (Å²) >= 11 is 0. The molecule has 0 aliphatic heterocycles. The van der Waals surface area contributed by atoms with Gasteiger partial charge >= 0.3 is 0 Å². The molecule has 2 aromatic carbocycles. The van der Waals surface area contributed by atoms with Gasteiger partial charge in [-0.1, -0.05) is 17.7 Å². The standard InChI is InChI=1S/C20H18N2O2/c1-14-8-10-19(24-2)15(13-14)9-11-20(23)22-18-7-3-6-17-16(18)5-4-12-21-17/h3-13H,1-2H3,(H,22,23)/b11-9+. The van der Waals surface area contributed by atoms with Gasteiger partial charge in [-0.05, 0) is 49.4 Å². The van der Waals surface area contributed by atoms with E-state index in [1.54, 1.807) is 19.4 Å². The zero-order valence-corrected chi connectivity index (χ0v) is 13.6. The molecule has 0 radical (unpaired) electrons. The van der Waals surface area contributed by atoms with Gasteiger partial charge in [0, 0.05) is 23.2 Å². The topological polar surface area (TPSA) is 51.2 Å². The number of carbonyl (C=O) groups is 1. The maximum Gasteiger partial charge on any atom is 0.248 e. The van der Waals surface area contributed by atoms with Crippen LogP contribution in [0.1, 0.15) is 11.1 Å². The number of pyridine rings is 1. The number of ether oxygens (including phenoxy) is 1. The number of aryl methyl sites for hydroxylation is 1. The lowest BCUT2D eigenvalue weighted by Gasteiger charge is -2.07. The summed E-state index contributed by atoms with van der Waals surface area (Å²) in [6.45, 7) is 2.00. The minimum absolute atomic E-state index is 0.199. The lowest BCUT2D eigenvalue weighted by molar-refractivity contribution is -0.111. The van der Waals surface area contributed by atoms with Crippen LogP contribution in [0.15, 0.2) is 60.8 Å². The van der Waals surface area contributed by atoms with E-state index in [2.05, 4.69) is 10.3 Å². The number of carbonyl (C=O) groups excluding carboxylic acids is 1. The van der Waals surface area contributed by atoms with E-state index in [1.165, 1.54) is 6.08 Å². The first-order valence-corrected chi connectivity index (χ1v) is 7.65. The van der Waals surface area contributed by atoms with Crippen molar-refractivity contribution in [2.75, 3.05) is 12.4 Å². The molecule has 0 aliphatic carbocycles. The van der Waals surface area contributed by atoms with Crippen molar-refractivity contribution in [3.05, 3.63) is 71.9 Å². The Morgan fingerprint density at radius 2 is 2.04 bits per heavy atom. The summed E-state index contributed by atoms with van der Waals surface area (Å²) < 4.78 is 5.32. The van der Waals surface area contributed by atoms with E-state index in [4.69, 9.17) is 4.74 Å². The summed E-state index contributed by atoms with van der Waals surface area (Å²) in [6, 6.07) is 15.3. The van der Waals surface area contributed by atoms with Crippen molar-refractivity contribution in [2.24, 2.45) is 0 Å². The van der Waals surface area contributed by atoms with Gasteiger partial charge in [0.05, 0.1) is 18.3 Å². The van der Waals surface area contributed by atoms with Crippen LogP contribution in [0.25, 0.3) is 17.0 Å². The molecule has 0 spiro atoms. The molecule has 0 saturated heterocycles. The highest BCUT2D eigenvalue weighted by Gasteiger charge is 2.05. The molecule has 0 saturated carbocycles. The third kappa shape index (κ3) is 3.43. The van der Waals surface area contributed by atoms with E-state index in [1.807, 2.05) is 55.5 Å². The molecule has 120 valence electrons. The monoisotopic (exact) mass is 318 g/mol. The van der Waals surface area contributed by atoms with Gasteiger partial charge in [0.25, 0.3) is 0 Å². The molecular formula is C20H18N2O2. The van der Waals surface area contributed by atoms with Gasteiger partial charge < -0.3 is 10.1 Å².